The summed E-state index contributed by atoms with van der Waals surface area (Å²) >= 11 is 0. The van der Waals surface area contributed by atoms with Crippen LogP contribution in [-0.2, 0) is 17.8 Å². The molecule has 104 valence electrons. The number of hydrogen-bond donors (Lipinski definition) is 1. The highest BCUT2D eigenvalue weighted by atomic mass is 19.1. The fourth-order valence-corrected chi connectivity index (χ4v) is 2.61. The Morgan fingerprint density at radius 3 is 3.00 bits per heavy atom. The van der Waals surface area contributed by atoms with Gasteiger partial charge in [-0.05, 0) is 12.1 Å². The highest BCUT2D eigenvalue weighted by molar-refractivity contribution is 5.77. The fourth-order valence-electron chi connectivity index (χ4n) is 2.61. The van der Waals surface area contributed by atoms with Gasteiger partial charge in [0.1, 0.15) is 11.5 Å². The third-order valence-corrected chi connectivity index (χ3v) is 3.72. The molecule has 1 N–H and O–H groups in total. The van der Waals surface area contributed by atoms with Crippen molar-refractivity contribution < 1.29 is 9.18 Å². The van der Waals surface area contributed by atoms with Gasteiger partial charge >= 0.3 is 0 Å². The first kappa shape index (κ1) is 12.8. The minimum atomic E-state index is -0.291. The number of amides is 1. The topological polar surface area (TPSA) is 49.0 Å². The summed E-state index contributed by atoms with van der Waals surface area (Å²) in [6.07, 6.45) is 1.23. The van der Waals surface area contributed by atoms with Crippen LogP contribution in [0.1, 0.15) is 24.6 Å². The predicted octanol–water partition coefficient (Wildman–Crippen LogP) is 2.51. The number of rotatable bonds is 2. The largest absolute Gasteiger partial charge is 0.338 e. The molecule has 5 heteroatoms. The molecule has 0 fully saturated rings. The zero-order valence-electron chi connectivity index (χ0n) is 11.3. The molecule has 0 aliphatic carbocycles. The van der Waals surface area contributed by atoms with Gasteiger partial charge in [0.2, 0.25) is 5.91 Å². The summed E-state index contributed by atoms with van der Waals surface area (Å²) in [6.45, 7) is 3.05. The minimum Gasteiger partial charge on any atom is -0.338 e. The third-order valence-electron chi connectivity index (χ3n) is 3.72. The first-order valence-corrected chi connectivity index (χ1v) is 6.79. The molecule has 0 atom stereocenters. The monoisotopic (exact) mass is 273 g/mol. The Morgan fingerprint density at radius 2 is 2.25 bits per heavy atom. The summed E-state index contributed by atoms with van der Waals surface area (Å²) in [7, 11) is 0. The van der Waals surface area contributed by atoms with Crippen LogP contribution in [-0.4, -0.2) is 27.5 Å². The van der Waals surface area contributed by atoms with E-state index < -0.39 is 0 Å². The Balaban J connectivity index is 1.99. The molecule has 0 spiro atoms. The van der Waals surface area contributed by atoms with Crippen LogP contribution >= 0.6 is 0 Å². The number of fused-ring (bicyclic) bond motifs is 1. The van der Waals surface area contributed by atoms with E-state index in [1.54, 1.807) is 18.2 Å². The number of nitrogens with one attached hydrogen (secondary N) is 1. The Kier molecular flexibility index (Phi) is 3.26. The van der Waals surface area contributed by atoms with E-state index in [1.165, 1.54) is 6.07 Å². The van der Waals surface area contributed by atoms with E-state index in [9.17, 15) is 9.18 Å². The van der Waals surface area contributed by atoms with Crippen molar-refractivity contribution in [3.63, 3.8) is 0 Å². The maximum Gasteiger partial charge on any atom is 0.222 e. The average Bonchev–Trinajstić information content (AvgIpc) is 2.90. The number of H-pyrrole nitrogens is 1. The number of hydrogen-bond acceptors (Lipinski definition) is 2. The Morgan fingerprint density at radius 1 is 1.45 bits per heavy atom. The molecule has 1 aliphatic rings. The lowest BCUT2D eigenvalue weighted by atomic mass is 10.0. The lowest BCUT2D eigenvalue weighted by Gasteiger charge is -2.26. The lowest BCUT2D eigenvalue weighted by Crippen LogP contribution is -2.35. The van der Waals surface area contributed by atoms with E-state index in [1.807, 2.05) is 11.8 Å². The molecule has 1 amide bonds. The van der Waals surface area contributed by atoms with Crippen LogP contribution < -0.4 is 0 Å². The van der Waals surface area contributed by atoms with E-state index >= 15 is 0 Å². The van der Waals surface area contributed by atoms with E-state index in [4.69, 9.17) is 0 Å². The zero-order valence-corrected chi connectivity index (χ0v) is 11.3. The molecule has 0 saturated carbocycles. The molecule has 0 saturated heterocycles. The van der Waals surface area contributed by atoms with Crippen LogP contribution in [0.5, 0.6) is 0 Å². The van der Waals surface area contributed by atoms with Gasteiger partial charge in [0, 0.05) is 42.8 Å². The van der Waals surface area contributed by atoms with Gasteiger partial charge in [-0.25, -0.2) is 4.39 Å². The van der Waals surface area contributed by atoms with E-state index in [-0.39, 0.29) is 11.7 Å². The molecule has 20 heavy (non-hydrogen) atoms. The molecule has 2 aromatic rings. The fraction of sp³-hybridized carbons (Fsp3) is 0.333. The summed E-state index contributed by atoms with van der Waals surface area (Å²) in [5.41, 5.74) is 3.04. The quantitative estimate of drug-likeness (QED) is 0.914. The number of benzene rings is 1. The van der Waals surface area contributed by atoms with Crippen molar-refractivity contribution in [3.8, 4) is 11.3 Å². The first-order chi connectivity index (χ1) is 9.70. The Hall–Kier alpha value is -2.17. The smallest absolute Gasteiger partial charge is 0.222 e. The molecular weight excluding hydrogens is 257 g/mol. The van der Waals surface area contributed by atoms with Crippen LogP contribution in [0.15, 0.2) is 24.3 Å². The molecule has 0 radical (unpaired) electrons. The third kappa shape index (κ3) is 2.09. The highest BCUT2D eigenvalue weighted by Gasteiger charge is 2.25. The van der Waals surface area contributed by atoms with Crippen molar-refractivity contribution in [3.05, 3.63) is 41.3 Å². The van der Waals surface area contributed by atoms with Gasteiger partial charge in [-0.2, -0.15) is 5.10 Å². The second-order valence-electron chi connectivity index (χ2n) is 4.93. The maximum atomic E-state index is 13.9. The molecule has 0 unspecified atom stereocenters. The number of aromatic amines is 1. The molecule has 1 aromatic carbocycles. The van der Waals surface area contributed by atoms with Gasteiger partial charge in [0.25, 0.3) is 0 Å². The second-order valence-corrected chi connectivity index (χ2v) is 4.93. The van der Waals surface area contributed by atoms with E-state index in [0.717, 1.165) is 17.7 Å². The van der Waals surface area contributed by atoms with Crippen molar-refractivity contribution in [1.82, 2.24) is 15.1 Å². The van der Waals surface area contributed by atoms with Crippen molar-refractivity contribution in [2.75, 3.05) is 6.54 Å². The number of carbonyl (C=O) groups is 1. The Labute approximate surface area is 116 Å². The number of aromatic nitrogens is 2. The normalized spacial score (nSPS) is 14.2. The van der Waals surface area contributed by atoms with Gasteiger partial charge in [-0.15, -0.1) is 0 Å². The average molecular weight is 273 g/mol. The van der Waals surface area contributed by atoms with Crippen LogP contribution in [0.25, 0.3) is 11.3 Å². The predicted molar refractivity (Wildman–Crippen MR) is 73.4 cm³/mol. The minimum absolute atomic E-state index is 0.122. The summed E-state index contributed by atoms with van der Waals surface area (Å²) in [4.78, 5) is 13.6. The van der Waals surface area contributed by atoms with Gasteiger partial charge in [0.15, 0.2) is 0 Å². The van der Waals surface area contributed by atoms with Crippen molar-refractivity contribution in [2.24, 2.45) is 0 Å². The zero-order chi connectivity index (χ0) is 14.1. The van der Waals surface area contributed by atoms with Gasteiger partial charge < -0.3 is 4.90 Å². The van der Waals surface area contributed by atoms with Crippen LogP contribution in [0.3, 0.4) is 0 Å². The summed E-state index contributed by atoms with van der Waals surface area (Å²) < 4.78 is 13.9. The highest BCUT2D eigenvalue weighted by Crippen LogP contribution is 2.30. The van der Waals surface area contributed by atoms with Crippen LogP contribution in [0.4, 0.5) is 4.39 Å². The second kappa shape index (κ2) is 5.07. The van der Waals surface area contributed by atoms with Crippen LogP contribution in [0.2, 0.25) is 0 Å². The van der Waals surface area contributed by atoms with E-state index in [0.29, 0.717) is 30.8 Å². The van der Waals surface area contributed by atoms with Crippen LogP contribution in [0, 0.1) is 5.82 Å². The number of carbonyl (C=O) groups excluding carboxylic acids is 1. The molecule has 3 rings (SSSR count). The van der Waals surface area contributed by atoms with Gasteiger partial charge in [-0.1, -0.05) is 19.1 Å². The molecule has 1 aromatic heterocycles. The van der Waals surface area contributed by atoms with Gasteiger partial charge in [0.05, 0.1) is 0 Å². The van der Waals surface area contributed by atoms with Crippen molar-refractivity contribution in [1.29, 1.82) is 0 Å². The summed E-state index contributed by atoms with van der Waals surface area (Å²) in [5.74, 6) is -0.169. The molecule has 1 aliphatic heterocycles. The van der Waals surface area contributed by atoms with Crippen molar-refractivity contribution >= 4 is 5.91 Å². The molecule has 2 heterocycles. The standard InChI is InChI=1S/C15H16FN3O/c1-2-14(20)19-8-7-13-11(9-19)15(18-17-13)10-5-3-4-6-12(10)16/h3-6H,2,7-9H2,1H3,(H,17,18). The SMILES string of the molecule is CCC(=O)N1CCc2[nH]nc(-c3ccccc3F)c2C1. The molecular formula is C15H16FN3O. The number of nitrogens with zero attached hydrogens (tertiary/aromatic N) is 2. The van der Waals surface area contributed by atoms with Crippen molar-refractivity contribution in [2.45, 2.75) is 26.3 Å². The molecule has 4 nitrogen and oxygen atoms in total. The number of halogens is 1. The summed E-state index contributed by atoms with van der Waals surface area (Å²) in [6, 6.07) is 6.59. The van der Waals surface area contributed by atoms with E-state index in [2.05, 4.69) is 10.2 Å². The Bertz CT molecular complexity index is 650. The molecule has 0 bridgehead atoms. The lowest BCUT2D eigenvalue weighted by molar-refractivity contribution is -0.131. The maximum absolute atomic E-state index is 13.9. The van der Waals surface area contributed by atoms with Gasteiger partial charge in [-0.3, -0.25) is 9.89 Å². The summed E-state index contributed by atoms with van der Waals surface area (Å²) in [5, 5.41) is 7.22. The first-order valence-electron chi connectivity index (χ1n) is 6.79.